The minimum atomic E-state index is 0.282. The van der Waals surface area contributed by atoms with Crippen molar-refractivity contribution in [1.82, 2.24) is 14.1 Å². The lowest BCUT2D eigenvalue weighted by atomic mass is 9.94. The van der Waals surface area contributed by atoms with Gasteiger partial charge in [0.15, 0.2) is 0 Å². The number of benzene rings is 9. The average Bonchev–Trinajstić information content (AvgIpc) is 3.95. The second-order valence-corrected chi connectivity index (χ2v) is 17.6. The molecule has 68 heavy (non-hydrogen) atoms. The van der Waals surface area contributed by atoms with Crippen LogP contribution in [0.25, 0.3) is 94.5 Å². The Morgan fingerprint density at radius 1 is 0.456 bits per heavy atom. The van der Waals surface area contributed by atoms with E-state index in [4.69, 9.17) is 9.72 Å². The number of para-hydroxylation sites is 3. The first-order valence-electron chi connectivity index (χ1n) is 23.2. The van der Waals surface area contributed by atoms with Gasteiger partial charge in [-0.2, -0.15) is 0 Å². The quantitative estimate of drug-likeness (QED) is 0.101. The fourth-order valence-electron chi connectivity index (χ4n) is 9.76. The van der Waals surface area contributed by atoms with Gasteiger partial charge in [0.05, 0.1) is 33.4 Å². The maximum atomic E-state index is 6.86. The molecular formula is C63H46N4O. The number of hydrogen-bond donors (Lipinski definition) is 0. The number of imidazole rings is 1. The Bertz CT molecular complexity index is 3720. The largest absolute Gasteiger partial charge is 0.458 e. The van der Waals surface area contributed by atoms with Crippen molar-refractivity contribution in [2.45, 2.75) is 19.8 Å². The molecule has 324 valence electrons. The minimum Gasteiger partial charge on any atom is -0.458 e. The van der Waals surface area contributed by atoms with E-state index in [9.17, 15) is 0 Å². The maximum Gasteiger partial charge on any atom is 0.269 e. The van der Waals surface area contributed by atoms with Gasteiger partial charge in [-0.25, -0.2) is 4.98 Å². The highest BCUT2D eigenvalue weighted by atomic mass is 16.5. The first-order valence-corrected chi connectivity index (χ1v) is 23.2. The lowest BCUT2D eigenvalue weighted by Crippen LogP contribution is -2.31. The molecule has 5 heteroatoms. The lowest BCUT2D eigenvalue weighted by molar-refractivity contribution is -0.571. The average molecular weight is 875 g/mol. The molecule has 3 aromatic heterocycles. The van der Waals surface area contributed by atoms with E-state index in [0.717, 1.165) is 94.9 Å². The smallest absolute Gasteiger partial charge is 0.269 e. The van der Waals surface area contributed by atoms with Gasteiger partial charge in [0.2, 0.25) is 0 Å². The van der Waals surface area contributed by atoms with Crippen LogP contribution in [0.3, 0.4) is 0 Å². The molecule has 0 spiro atoms. The Morgan fingerprint density at radius 3 is 1.74 bits per heavy atom. The van der Waals surface area contributed by atoms with Crippen molar-refractivity contribution in [2.75, 3.05) is 0 Å². The monoisotopic (exact) mass is 874 g/mol. The van der Waals surface area contributed by atoms with Gasteiger partial charge in [-0.05, 0) is 99.0 Å². The van der Waals surface area contributed by atoms with Crippen molar-refractivity contribution >= 4 is 32.8 Å². The molecule has 0 unspecified atom stereocenters. The highest BCUT2D eigenvalue weighted by molar-refractivity contribution is 6.10. The maximum absolute atomic E-state index is 6.86. The van der Waals surface area contributed by atoms with E-state index in [1.807, 2.05) is 12.3 Å². The van der Waals surface area contributed by atoms with E-state index in [2.05, 4.69) is 258 Å². The summed E-state index contributed by atoms with van der Waals surface area (Å²) in [7, 11) is 0. The van der Waals surface area contributed by atoms with E-state index < -0.39 is 0 Å². The second kappa shape index (κ2) is 17.2. The van der Waals surface area contributed by atoms with Crippen LogP contribution in [0.2, 0.25) is 0 Å². The molecule has 0 radical (unpaired) electrons. The van der Waals surface area contributed by atoms with Gasteiger partial charge in [0.1, 0.15) is 17.3 Å². The molecule has 5 nitrogen and oxygen atoms in total. The van der Waals surface area contributed by atoms with Crippen LogP contribution in [0.5, 0.6) is 11.5 Å². The molecule has 0 N–H and O–H groups in total. The molecule has 0 bridgehead atoms. The summed E-state index contributed by atoms with van der Waals surface area (Å²) >= 11 is 0. The molecule has 12 rings (SSSR count). The summed E-state index contributed by atoms with van der Waals surface area (Å²) in [6, 6.07) is 81.1. The van der Waals surface area contributed by atoms with Gasteiger partial charge in [-0.15, -0.1) is 0 Å². The summed E-state index contributed by atoms with van der Waals surface area (Å²) in [5.74, 6) is 2.60. The Balaban J connectivity index is 0.977. The van der Waals surface area contributed by atoms with Crippen molar-refractivity contribution in [3.05, 3.63) is 249 Å². The Kier molecular flexibility index (Phi) is 10.3. The van der Waals surface area contributed by atoms with Crippen molar-refractivity contribution < 1.29 is 9.30 Å². The summed E-state index contributed by atoms with van der Waals surface area (Å²) in [4.78, 5) is 5.19. The number of nitrogens with zero attached hydrogens (tertiary/aromatic N) is 4. The first kappa shape index (κ1) is 40.7. The van der Waals surface area contributed by atoms with Crippen molar-refractivity contribution in [3.63, 3.8) is 0 Å². The third-order valence-electron chi connectivity index (χ3n) is 13.0. The summed E-state index contributed by atoms with van der Waals surface area (Å²) < 4.78 is 13.5. The summed E-state index contributed by atoms with van der Waals surface area (Å²) in [5, 5.41) is 2.28. The number of ether oxygens (including phenoxy) is 1. The Hall–Kier alpha value is -8.80. The highest BCUT2D eigenvalue weighted by Gasteiger charge is 2.21. The van der Waals surface area contributed by atoms with E-state index in [0.29, 0.717) is 0 Å². The van der Waals surface area contributed by atoms with Crippen LogP contribution in [0.15, 0.2) is 237 Å². The zero-order valence-electron chi connectivity index (χ0n) is 37.8. The predicted molar refractivity (Wildman–Crippen MR) is 278 cm³/mol. The van der Waals surface area contributed by atoms with Gasteiger partial charge in [-0.3, -0.25) is 13.7 Å². The summed E-state index contributed by atoms with van der Waals surface area (Å²) in [5.41, 5.74) is 16.6. The van der Waals surface area contributed by atoms with Crippen LogP contribution in [-0.2, 0) is 0 Å². The van der Waals surface area contributed by atoms with Crippen LogP contribution in [0, 0.1) is 6.33 Å². The fourth-order valence-corrected chi connectivity index (χ4v) is 9.76. The normalized spacial score (nSPS) is 11.5. The number of aromatic nitrogens is 4. The molecule has 0 aliphatic rings. The number of hydrogen-bond acceptors (Lipinski definition) is 2. The fraction of sp³-hybridized carbons (Fsp3) is 0.0476. The molecule has 9 aromatic carbocycles. The van der Waals surface area contributed by atoms with E-state index in [1.165, 1.54) is 16.7 Å². The van der Waals surface area contributed by atoms with E-state index in [-0.39, 0.29) is 5.92 Å². The van der Waals surface area contributed by atoms with Gasteiger partial charge in [0.25, 0.3) is 6.33 Å². The zero-order valence-corrected chi connectivity index (χ0v) is 37.8. The van der Waals surface area contributed by atoms with Crippen LogP contribution >= 0.6 is 0 Å². The standard InChI is InChI=1S/C63H46N4O/c1-43(2)55-40-62(64-41-57(55)47-25-13-6-14-26-47)67-58-36-33-48(44-19-7-3-8-20-44)37-56(58)54-35-34-51(39-61(54)67)68-50-28-17-27-49(38-50)65-42-66(60-32-16-15-31-59(60)65)63-52(45-21-9-4-10-22-45)29-18-30-53(63)46-23-11-5-12-24-46/h3-41,43H,1-2H3. The molecule has 12 aromatic rings. The van der Waals surface area contributed by atoms with Crippen molar-refractivity contribution in [3.8, 4) is 73.2 Å². The van der Waals surface area contributed by atoms with Gasteiger partial charge < -0.3 is 4.74 Å². The van der Waals surface area contributed by atoms with Crippen LogP contribution in [0.1, 0.15) is 25.3 Å². The molecule has 0 amide bonds. The third kappa shape index (κ3) is 7.31. The Labute approximate surface area is 396 Å². The van der Waals surface area contributed by atoms with E-state index >= 15 is 0 Å². The number of fused-ring (bicyclic) bond motifs is 4. The summed E-state index contributed by atoms with van der Waals surface area (Å²) in [6.07, 6.45) is 5.85. The molecule has 0 saturated heterocycles. The molecule has 0 atom stereocenters. The van der Waals surface area contributed by atoms with Crippen molar-refractivity contribution in [2.24, 2.45) is 0 Å². The van der Waals surface area contributed by atoms with Crippen LogP contribution in [0.4, 0.5) is 0 Å². The minimum absolute atomic E-state index is 0.282. The second-order valence-electron chi connectivity index (χ2n) is 17.6. The van der Waals surface area contributed by atoms with Gasteiger partial charge in [-0.1, -0.05) is 190 Å². The van der Waals surface area contributed by atoms with Gasteiger partial charge >= 0.3 is 0 Å². The number of pyridine rings is 1. The summed E-state index contributed by atoms with van der Waals surface area (Å²) in [6.45, 7) is 4.51. The lowest BCUT2D eigenvalue weighted by Gasteiger charge is -2.17. The molecule has 3 heterocycles. The van der Waals surface area contributed by atoms with E-state index in [1.54, 1.807) is 0 Å². The first-order chi connectivity index (χ1) is 33.6. The zero-order chi connectivity index (χ0) is 45.6. The van der Waals surface area contributed by atoms with Crippen LogP contribution < -0.4 is 9.30 Å². The molecule has 0 aliphatic heterocycles. The molecule has 0 aliphatic carbocycles. The predicted octanol–water partition coefficient (Wildman–Crippen LogP) is 15.8. The Morgan fingerprint density at radius 2 is 1.06 bits per heavy atom. The van der Waals surface area contributed by atoms with Gasteiger partial charge in [0, 0.05) is 28.6 Å². The number of rotatable bonds is 10. The highest BCUT2D eigenvalue weighted by Crippen LogP contribution is 2.40. The topological polar surface area (TPSA) is 35.9 Å². The van der Waals surface area contributed by atoms with Crippen LogP contribution in [-0.4, -0.2) is 14.1 Å². The molecule has 0 fully saturated rings. The third-order valence-corrected chi connectivity index (χ3v) is 13.0. The molecule has 0 saturated carbocycles. The molecular weight excluding hydrogens is 829 g/mol. The SMILES string of the molecule is CC(C)c1cc(-n2c3ccc(-c4ccccc4)cc3c3ccc(Oc4cccc(-n5[c-][n+](-c6c(-c7ccccc7)cccc6-c6ccccc6)c6ccccc65)c4)cc32)ncc1-c1ccccc1. The van der Waals surface area contributed by atoms with Crippen molar-refractivity contribution in [1.29, 1.82) is 0 Å².